The first-order valence-corrected chi connectivity index (χ1v) is 9.20. The maximum atomic E-state index is 6.53. The number of hydrogen-bond acceptors (Lipinski definition) is 2. The molecule has 1 heterocycles. The van der Waals surface area contributed by atoms with Gasteiger partial charge in [-0.3, -0.25) is 0 Å². The number of halogens is 2. The predicted octanol–water partition coefficient (Wildman–Crippen LogP) is 6.38. The molecular formula is C21H19Cl2NO. The molecule has 3 unspecified atom stereocenters. The summed E-state index contributed by atoms with van der Waals surface area (Å²) in [4.78, 5) is 0. The van der Waals surface area contributed by atoms with Gasteiger partial charge >= 0.3 is 0 Å². The van der Waals surface area contributed by atoms with Crippen LogP contribution in [-0.2, 0) is 0 Å². The van der Waals surface area contributed by atoms with Crippen LogP contribution >= 0.6 is 23.2 Å². The van der Waals surface area contributed by atoms with Gasteiger partial charge < -0.3 is 10.1 Å². The summed E-state index contributed by atoms with van der Waals surface area (Å²) in [7, 11) is 0. The van der Waals surface area contributed by atoms with Crippen LogP contribution < -0.4 is 10.1 Å². The number of ether oxygens (including phenoxy) is 1. The Morgan fingerprint density at radius 3 is 2.80 bits per heavy atom. The van der Waals surface area contributed by atoms with Gasteiger partial charge in [-0.15, -0.1) is 0 Å². The van der Waals surface area contributed by atoms with E-state index in [1.165, 1.54) is 5.56 Å². The van der Waals surface area contributed by atoms with Crippen molar-refractivity contribution in [1.29, 1.82) is 0 Å². The summed E-state index contributed by atoms with van der Waals surface area (Å²) in [6.07, 6.45) is 7.33. The zero-order chi connectivity index (χ0) is 17.4. The van der Waals surface area contributed by atoms with Crippen LogP contribution in [-0.4, -0.2) is 6.61 Å². The molecule has 2 nitrogen and oxygen atoms in total. The normalized spacial score (nSPS) is 23.5. The zero-order valence-electron chi connectivity index (χ0n) is 13.7. The number of fused-ring (bicyclic) bond motifs is 3. The summed E-state index contributed by atoms with van der Waals surface area (Å²) in [5, 5.41) is 4.90. The fourth-order valence-corrected chi connectivity index (χ4v) is 4.36. The Hall–Kier alpha value is -1.90. The summed E-state index contributed by atoms with van der Waals surface area (Å²) in [6, 6.07) is 12.1. The van der Waals surface area contributed by atoms with E-state index in [1.54, 1.807) is 6.08 Å². The lowest BCUT2D eigenvalue weighted by Gasteiger charge is -2.38. The second-order valence-electron chi connectivity index (χ2n) is 6.44. The van der Waals surface area contributed by atoms with Gasteiger partial charge in [0.05, 0.1) is 21.8 Å². The molecule has 0 saturated carbocycles. The minimum Gasteiger partial charge on any atom is -0.487 e. The third-order valence-electron chi connectivity index (χ3n) is 5.03. The molecule has 0 saturated heterocycles. The Morgan fingerprint density at radius 1 is 1.16 bits per heavy atom. The average molecular weight is 372 g/mol. The highest BCUT2D eigenvalue weighted by atomic mass is 35.5. The summed E-state index contributed by atoms with van der Waals surface area (Å²) >= 11 is 12.8. The van der Waals surface area contributed by atoms with Crippen molar-refractivity contribution in [2.45, 2.75) is 18.4 Å². The first kappa shape index (κ1) is 16.6. The molecule has 2 aromatic carbocycles. The van der Waals surface area contributed by atoms with Gasteiger partial charge in [-0.25, -0.2) is 0 Å². The van der Waals surface area contributed by atoms with Crippen LogP contribution in [0.2, 0.25) is 10.0 Å². The van der Waals surface area contributed by atoms with E-state index >= 15 is 0 Å². The van der Waals surface area contributed by atoms with Crippen LogP contribution in [0.4, 0.5) is 5.69 Å². The quantitative estimate of drug-likeness (QED) is 0.629. The fraction of sp³-hybridized carbons (Fsp3) is 0.238. The second-order valence-corrected chi connectivity index (χ2v) is 7.22. The van der Waals surface area contributed by atoms with Gasteiger partial charge in [0, 0.05) is 5.92 Å². The minimum absolute atomic E-state index is 0.0900. The molecule has 1 N–H and O–H groups in total. The molecule has 0 aromatic heterocycles. The third-order valence-corrected chi connectivity index (χ3v) is 5.87. The van der Waals surface area contributed by atoms with Gasteiger partial charge in [0.15, 0.2) is 0 Å². The number of nitrogens with one attached hydrogen (secondary N) is 1. The Labute approximate surface area is 158 Å². The number of allylic oxidation sites excluding steroid dienone is 2. The summed E-state index contributed by atoms with van der Waals surface area (Å²) in [5.41, 5.74) is 3.35. The van der Waals surface area contributed by atoms with Crippen LogP contribution in [0.25, 0.3) is 0 Å². The number of para-hydroxylation sites is 1. The fourth-order valence-electron chi connectivity index (χ4n) is 3.93. The SMILES string of the molecule is C=CCOc1cccc2c1NC(c1cccc(Cl)c1Cl)C1CC=CC21. The van der Waals surface area contributed by atoms with Crippen LogP contribution in [0.1, 0.15) is 29.5 Å². The molecule has 1 aliphatic heterocycles. The molecule has 0 fully saturated rings. The molecule has 4 heteroatoms. The zero-order valence-corrected chi connectivity index (χ0v) is 15.2. The minimum atomic E-state index is 0.0900. The molecule has 25 heavy (non-hydrogen) atoms. The number of anilines is 1. The van der Waals surface area contributed by atoms with Gasteiger partial charge in [0.1, 0.15) is 12.4 Å². The van der Waals surface area contributed by atoms with E-state index in [1.807, 2.05) is 18.2 Å². The molecule has 2 aromatic rings. The topological polar surface area (TPSA) is 21.3 Å². The lowest BCUT2D eigenvalue weighted by molar-refractivity contribution is 0.358. The molecule has 2 aliphatic rings. The van der Waals surface area contributed by atoms with Crippen molar-refractivity contribution in [1.82, 2.24) is 0 Å². The van der Waals surface area contributed by atoms with Crippen molar-refractivity contribution >= 4 is 28.9 Å². The average Bonchev–Trinajstić information content (AvgIpc) is 3.12. The van der Waals surface area contributed by atoms with Crippen LogP contribution in [0, 0.1) is 5.92 Å². The van der Waals surface area contributed by atoms with E-state index in [-0.39, 0.29) is 6.04 Å². The van der Waals surface area contributed by atoms with Crippen molar-refractivity contribution < 1.29 is 4.74 Å². The number of benzene rings is 2. The Morgan fingerprint density at radius 2 is 1.96 bits per heavy atom. The molecule has 3 atom stereocenters. The molecule has 1 aliphatic carbocycles. The van der Waals surface area contributed by atoms with Crippen LogP contribution in [0.3, 0.4) is 0 Å². The maximum Gasteiger partial charge on any atom is 0.143 e. The lowest BCUT2D eigenvalue weighted by atomic mass is 9.77. The maximum absolute atomic E-state index is 6.53. The number of hydrogen-bond donors (Lipinski definition) is 1. The summed E-state index contributed by atoms with van der Waals surface area (Å²) in [5.74, 6) is 1.61. The highest BCUT2D eigenvalue weighted by Crippen LogP contribution is 2.53. The van der Waals surface area contributed by atoms with Gasteiger partial charge in [0.2, 0.25) is 0 Å². The van der Waals surface area contributed by atoms with E-state index in [0.29, 0.717) is 28.5 Å². The molecule has 0 bridgehead atoms. The van der Waals surface area contributed by atoms with Gasteiger partial charge in [-0.1, -0.05) is 72.3 Å². The predicted molar refractivity (Wildman–Crippen MR) is 105 cm³/mol. The Bertz CT molecular complexity index is 846. The third kappa shape index (κ3) is 2.84. The van der Waals surface area contributed by atoms with Crippen molar-refractivity contribution in [2.24, 2.45) is 5.92 Å². The molecule has 0 amide bonds. The Kier molecular flexibility index (Phi) is 4.49. The van der Waals surface area contributed by atoms with Crippen molar-refractivity contribution in [3.8, 4) is 5.75 Å². The van der Waals surface area contributed by atoms with Crippen molar-refractivity contribution in [3.05, 3.63) is 82.4 Å². The standard InChI is InChI=1S/C21H19Cl2NO/c1-2-12-25-18-11-5-8-15-13-6-3-7-14(13)20(24-21(15)18)16-9-4-10-17(22)19(16)23/h2-6,8-11,13-14,20,24H,1,7,12H2. The van der Waals surface area contributed by atoms with Crippen LogP contribution in [0.15, 0.2) is 61.2 Å². The van der Waals surface area contributed by atoms with Gasteiger partial charge in [0.25, 0.3) is 0 Å². The molecule has 4 rings (SSSR count). The largest absolute Gasteiger partial charge is 0.487 e. The smallest absolute Gasteiger partial charge is 0.143 e. The van der Waals surface area contributed by atoms with Gasteiger partial charge in [-0.05, 0) is 35.6 Å². The molecule has 0 spiro atoms. The molecular weight excluding hydrogens is 353 g/mol. The van der Waals surface area contributed by atoms with Crippen molar-refractivity contribution in [2.75, 3.05) is 11.9 Å². The van der Waals surface area contributed by atoms with E-state index in [9.17, 15) is 0 Å². The second kappa shape index (κ2) is 6.78. The van der Waals surface area contributed by atoms with E-state index < -0.39 is 0 Å². The lowest BCUT2D eigenvalue weighted by Crippen LogP contribution is -2.29. The summed E-state index contributed by atoms with van der Waals surface area (Å²) < 4.78 is 5.88. The van der Waals surface area contributed by atoms with Crippen LogP contribution in [0.5, 0.6) is 5.75 Å². The first-order chi connectivity index (χ1) is 12.2. The van der Waals surface area contributed by atoms with E-state index in [2.05, 4.69) is 42.2 Å². The molecule has 0 radical (unpaired) electrons. The van der Waals surface area contributed by atoms with E-state index in [0.717, 1.165) is 23.4 Å². The number of rotatable bonds is 4. The Balaban J connectivity index is 1.80. The van der Waals surface area contributed by atoms with Crippen molar-refractivity contribution in [3.63, 3.8) is 0 Å². The highest BCUT2D eigenvalue weighted by Gasteiger charge is 2.39. The van der Waals surface area contributed by atoms with Gasteiger partial charge in [-0.2, -0.15) is 0 Å². The summed E-state index contributed by atoms with van der Waals surface area (Å²) in [6.45, 7) is 4.21. The first-order valence-electron chi connectivity index (χ1n) is 8.44. The highest BCUT2D eigenvalue weighted by molar-refractivity contribution is 6.42. The van der Waals surface area contributed by atoms with E-state index in [4.69, 9.17) is 27.9 Å². The monoisotopic (exact) mass is 371 g/mol. The molecule has 128 valence electrons.